The Morgan fingerprint density at radius 1 is 1.15 bits per heavy atom. The number of piperidine rings is 1. The molecule has 0 aromatic heterocycles. The van der Waals surface area contributed by atoms with Crippen molar-refractivity contribution in [3.05, 3.63) is 34.9 Å². The van der Waals surface area contributed by atoms with Crippen LogP contribution in [0.3, 0.4) is 0 Å². The number of nitriles is 1. The number of nitrogens with zero attached hydrogens (tertiary/aromatic N) is 3. The second-order valence-electron chi connectivity index (χ2n) is 6.83. The summed E-state index contributed by atoms with van der Waals surface area (Å²) in [7, 11) is 0. The maximum atomic E-state index is 12.5. The molecule has 0 spiro atoms. The van der Waals surface area contributed by atoms with Crippen LogP contribution in [0, 0.1) is 11.3 Å². The summed E-state index contributed by atoms with van der Waals surface area (Å²) in [5.74, 6) is 0.0128. The molecule has 1 aromatic carbocycles. The lowest BCUT2D eigenvalue weighted by atomic mass is 10.0. The van der Waals surface area contributed by atoms with E-state index in [1.807, 2.05) is 4.90 Å². The second kappa shape index (κ2) is 9.93. The molecule has 0 radical (unpaired) electrons. The molecule has 27 heavy (non-hydrogen) atoms. The van der Waals surface area contributed by atoms with Crippen LogP contribution >= 0.6 is 24.0 Å². The molecule has 2 aliphatic rings. The van der Waals surface area contributed by atoms with E-state index in [-0.39, 0.29) is 42.8 Å². The van der Waals surface area contributed by atoms with E-state index in [1.54, 1.807) is 29.2 Å². The fraction of sp³-hybridized carbons (Fsp3) is 0.526. The third kappa shape index (κ3) is 5.35. The Hall–Kier alpha value is -1.81. The standard InChI is InChI=1S/C19H23ClN4O2.ClH/c20-15-5-3-14(4-6-15)19(26)23-10-7-16(8-11-23)22-13-18(25)24-9-1-2-17(24)12-21;/h3-6,16-17,22H,1-2,7-11,13H2;1H/t17-;/m0./s1. The van der Waals surface area contributed by atoms with Gasteiger partial charge in [0.1, 0.15) is 6.04 Å². The maximum Gasteiger partial charge on any atom is 0.253 e. The van der Waals surface area contributed by atoms with Crippen LogP contribution in [0.5, 0.6) is 0 Å². The van der Waals surface area contributed by atoms with Gasteiger partial charge in [-0.3, -0.25) is 9.59 Å². The van der Waals surface area contributed by atoms with Gasteiger partial charge in [0.25, 0.3) is 5.91 Å². The van der Waals surface area contributed by atoms with Crippen molar-refractivity contribution < 1.29 is 9.59 Å². The summed E-state index contributed by atoms with van der Waals surface area (Å²) in [6.07, 6.45) is 3.30. The van der Waals surface area contributed by atoms with Crippen molar-refractivity contribution in [3.63, 3.8) is 0 Å². The van der Waals surface area contributed by atoms with Crippen LogP contribution in [0.1, 0.15) is 36.0 Å². The van der Waals surface area contributed by atoms with Crippen molar-refractivity contribution in [3.8, 4) is 6.07 Å². The molecule has 8 heteroatoms. The van der Waals surface area contributed by atoms with Crippen LogP contribution in [0.4, 0.5) is 0 Å². The number of hydrogen-bond donors (Lipinski definition) is 1. The van der Waals surface area contributed by atoms with Gasteiger partial charge in [0.15, 0.2) is 0 Å². The highest BCUT2D eigenvalue weighted by Gasteiger charge is 2.29. The number of carbonyl (C=O) groups is 2. The third-order valence-electron chi connectivity index (χ3n) is 5.14. The van der Waals surface area contributed by atoms with Crippen molar-refractivity contribution >= 4 is 35.8 Å². The smallest absolute Gasteiger partial charge is 0.253 e. The van der Waals surface area contributed by atoms with E-state index in [0.29, 0.717) is 30.2 Å². The number of amides is 2. The monoisotopic (exact) mass is 410 g/mol. The van der Waals surface area contributed by atoms with Gasteiger partial charge < -0.3 is 15.1 Å². The Kier molecular flexibility index (Phi) is 7.91. The molecule has 2 aliphatic heterocycles. The molecule has 146 valence electrons. The Morgan fingerprint density at radius 3 is 2.44 bits per heavy atom. The molecule has 0 unspecified atom stereocenters. The molecule has 0 aliphatic carbocycles. The largest absolute Gasteiger partial charge is 0.339 e. The number of likely N-dealkylation sites (tertiary alicyclic amines) is 2. The lowest BCUT2D eigenvalue weighted by Crippen LogP contribution is -2.48. The molecule has 2 heterocycles. The summed E-state index contributed by atoms with van der Waals surface area (Å²) in [4.78, 5) is 28.3. The Bertz CT molecular complexity index is 697. The highest BCUT2D eigenvalue weighted by Crippen LogP contribution is 2.18. The average Bonchev–Trinajstić information content (AvgIpc) is 3.15. The van der Waals surface area contributed by atoms with E-state index in [9.17, 15) is 9.59 Å². The molecule has 2 fully saturated rings. The normalized spacial score (nSPS) is 20.1. The molecule has 1 N–H and O–H groups in total. The Morgan fingerprint density at radius 2 is 1.81 bits per heavy atom. The second-order valence-corrected chi connectivity index (χ2v) is 7.26. The highest BCUT2D eigenvalue weighted by atomic mass is 35.5. The number of benzene rings is 1. The zero-order chi connectivity index (χ0) is 18.5. The predicted molar refractivity (Wildman–Crippen MR) is 106 cm³/mol. The average molecular weight is 411 g/mol. The van der Waals surface area contributed by atoms with Crippen LogP contribution in [0.2, 0.25) is 5.02 Å². The first-order chi connectivity index (χ1) is 12.6. The fourth-order valence-electron chi connectivity index (χ4n) is 3.59. The molecule has 2 saturated heterocycles. The van der Waals surface area contributed by atoms with Gasteiger partial charge in [0.2, 0.25) is 5.91 Å². The fourth-order valence-corrected chi connectivity index (χ4v) is 3.72. The number of nitrogens with one attached hydrogen (secondary N) is 1. The minimum Gasteiger partial charge on any atom is -0.339 e. The predicted octanol–water partition coefficient (Wildman–Crippen LogP) is 2.47. The van der Waals surface area contributed by atoms with Crippen LogP contribution in [-0.2, 0) is 4.79 Å². The first kappa shape index (κ1) is 21.5. The third-order valence-corrected chi connectivity index (χ3v) is 5.39. The van der Waals surface area contributed by atoms with Gasteiger partial charge in [0.05, 0.1) is 12.6 Å². The first-order valence-electron chi connectivity index (χ1n) is 9.06. The minimum atomic E-state index is -0.275. The van der Waals surface area contributed by atoms with E-state index in [0.717, 1.165) is 25.7 Å². The Labute approximate surface area is 170 Å². The summed E-state index contributed by atoms with van der Waals surface area (Å²) in [6.45, 7) is 2.26. The van der Waals surface area contributed by atoms with Gasteiger partial charge in [-0.15, -0.1) is 12.4 Å². The zero-order valence-electron chi connectivity index (χ0n) is 15.1. The van der Waals surface area contributed by atoms with E-state index in [2.05, 4.69) is 11.4 Å². The van der Waals surface area contributed by atoms with Gasteiger partial charge in [-0.05, 0) is 49.9 Å². The molecule has 2 amide bonds. The lowest BCUT2D eigenvalue weighted by molar-refractivity contribution is -0.130. The van der Waals surface area contributed by atoms with Crippen molar-refractivity contribution in [2.24, 2.45) is 0 Å². The summed E-state index contributed by atoms with van der Waals surface area (Å²) in [5, 5.41) is 13.0. The molecular formula is C19H24Cl2N4O2. The van der Waals surface area contributed by atoms with E-state index < -0.39 is 0 Å². The summed E-state index contributed by atoms with van der Waals surface area (Å²) < 4.78 is 0. The molecule has 0 bridgehead atoms. The number of hydrogen-bond acceptors (Lipinski definition) is 4. The van der Waals surface area contributed by atoms with E-state index in [1.165, 1.54) is 0 Å². The van der Waals surface area contributed by atoms with Crippen molar-refractivity contribution in [2.75, 3.05) is 26.2 Å². The molecule has 1 atom stereocenters. The van der Waals surface area contributed by atoms with Gasteiger partial charge in [-0.25, -0.2) is 0 Å². The van der Waals surface area contributed by atoms with Crippen LogP contribution in [0.15, 0.2) is 24.3 Å². The van der Waals surface area contributed by atoms with Crippen LogP contribution < -0.4 is 5.32 Å². The van der Waals surface area contributed by atoms with Gasteiger partial charge in [0, 0.05) is 36.3 Å². The minimum absolute atomic E-state index is 0. The van der Waals surface area contributed by atoms with Crippen molar-refractivity contribution in [1.29, 1.82) is 5.26 Å². The topological polar surface area (TPSA) is 76.4 Å². The summed E-state index contributed by atoms with van der Waals surface area (Å²) in [6, 6.07) is 9.08. The van der Waals surface area contributed by atoms with E-state index >= 15 is 0 Å². The summed E-state index contributed by atoms with van der Waals surface area (Å²) >= 11 is 5.86. The molecular weight excluding hydrogens is 387 g/mol. The van der Waals surface area contributed by atoms with Gasteiger partial charge >= 0.3 is 0 Å². The Balaban J connectivity index is 0.00000261. The number of rotatable bonds is 4. The number of carbonyl (C=O) groups excluding carboxylic acids is 2. The lowest BCUT2D eigenvalue weighted by Gasteiger charge is -2.33. The van der Waals surface area contributed by atoms with Crippen LogP contribution in [0.25, 0.3) is 0 Å². The molecule has 1 aromatic rings. The van der Waals surface area contributed by atoms with Gasteiger partial charge in [-0.2, -0.15) is 5.26 Å². The quantitative estimate of drug-likeness (QED) is 0.826. The highest BCUT2D eigenvalue weighted by molar-refractivity contribution is 6.30. The van der Waals surface area contributed by atoms with Gasteiger partial charge in [-0.1, -0.05) is 11.6 Å². The molecule has 6 nitrogen and oxygen atoms in total. The number of halogens is 2. The maximum absolute atomic E-state index is 12.5. The summed E-state index contributed by atoms with van der Waals surface area (Å²) in [5.41, 5.74) is 0.646. The molecule has 0 saturated carbocycles. The van der Waals surface area contributed by atoms with Crippen LogP contribution in [-0.4, -0.2) is 59.9 Å². The van der Waals surface area contributed by atoms with Crippen molar-refractivity contribution in [2.45, 2.75) is 37.8 Å². The van der Waals surface area contributed by atoms with E-state index in [4.69, 9.17) is 16.9 Å². The first-order valence-corrected chi connectivity index (χ1v) is 9.43. The SMILES string of the molecule is Cl.N#C[C@@H]1CCCN1C(=O)CNC1CCN(C(=O)c2ccc(Cl)cc2)CC1. The molecule has 3 rings (SSSR count). The zero-order valence-corrected chi connectivity index (χ0v) is 16.6. The van der Waals surface area contributed by atoms with Crippen molar-refractivity contribution in [1.82, 2.24) is 15.1 Å².